The summed E-state index contributed by atoms with van der Waals surface area (Å²) in [4.78, 5) is 11.4. The van der Waals surface area contributed by atoms with Gasteiger partial charge in [0.25, 0.3) is 5.91 Å². The van der Waals surface area contributed by atoms with Crippen LogP contribution in [0.5, 0.6) is 0 Å². The normalized spacial score (nSPS) is 12.0. The first-order valence-electron chi connectivity index (χ1n) is 7.26. The summed E-state index contributed by atoms with van der Waals surface area (Å²) < 4.78 is 75.7. The van der Waals surface area contributed by atoms with Gasteiger partial charge in [-0.3, -0.25) is 4.79 Å². The summed E-state index contributed by atoms with van der Waals surface area (Å²) in [6.07, 6.45) is -4.54. The molecule has 0 saturated heterocycles. The molecule has 1 amide bonds. The lowest BCUT2D eigenvalue weighted by Gasteiger charge is -2.10. The first-order valence-corrected chi connectivity index (χ1v) is 8.74. The Hall–Kier alpha value is -2.46. The molecule has 0 atom stereocenters. The number of rotatable bonds is 6. The van der Waals surface area contributed by atoms with Gasteiger partial charge in [-0.25, -0.2) is 17.5 Å². The summed E-state index contributed by atoms with van der Waals surface area (Å²) in [5.74, 6) is -1.42. The van der Waals surface area contributed by atoms with Crippen molar-refractivity contribution in [3.05, 3.63) is 65.5 Å². The summed E-state index contributed by atoms with van der Waals surface area (Å²) in [5.41, 5.74) is 0.435. The Morgan fingerprint density at radius 3 is 2.08 bits per heavy atom. The van der Waals surface area contributed by atoms with Crippen LogP contribution in [0.1, 0.15) is 15.9 Å². The highest BCUT2D eigenvalue weighted by atomic mass is 32.2. The number of alkyl halides is 3. The number of benzene rings is 2. The van der Waals surface area contributed by atoms with Gasteiger partial charge >= 0.3 is 6.18 Å². The van der Waals surface area contributed by atoms with Crippen molar-refractivity contribution in [3.63, 3.8) is 0 Å². The molecule has 0 aromatic heterocycles. The summed E-state index contributed by atoms with van der Waals surface area (Å²) in [7, 11) is -3.90. The molecule has 2 rings (SSSR count). The van der Waals surface area contributed by atoms with Crippen molar-refractivity contribution < 1.29 is 30.8 Å². The topological polar surface area (TPSA) is 75.3 Å². The van der Waals surface area contributed by atoms with Gasteiger partial charge in [0.2, 0.25) is 10.0 Å². The Balaban J connectivity index is 2.01. The van der Waals surface area contributed by atoms with Crippen LogP contribution < -0.4 is 10.0 Å². The van der Waals surface area contributed by atoms with E-state index in [1.54, 1.807) is 5.32 Å². The lowest BCUT2D eigenvalue weighted by atomic mass is 10.2. The maximum absolute atomic E-state index is 12.8. The molecule has 140 valence electrons. The zero-order valence-electron chi connectivity index (χ0n) is 13.2. The molecule has 0 unspecified atom stereocenters. The van der Waals surface area contributed by atoms with Gasteiger partial charge in [0, 0.05) is 12.1 Å². The van der Waals surface area contributed by atoms with Crippen LogP contribution in [0.3, 0.4) is 0 Å². The van der Waals surface area contributed by atoms with Gasteiger partial charge in [0.15, 0.2) is 0 Å². The highest BCUT2D eigenvalue weighted by molar-refractivity contribution is 7.89. The van der Waals surface area contributed by atoms with Gasteiger partial charge in [-0.15, -0.1) is 0 Å². The molecule has 26 heavy (non-hydrogen) atoms. The molecular formula is C16H14F4N2O3S. The number of amides is 1. The van der Waals surface area contributed by atoms with Gasteiger partial charge in [-0.1, -0.05) is 12.1 Å². The van der Waals surface area contributed by atoms with Gasteiger partial charge in [0.05, 0.1) is 4.90 Å². The van der Waals surface area contributed by atoms with Gasteiger partial charge in [0.1, 0.15) is 12.4 Å². The number of carbonyl (C=O) groups excluding carboxylic acids is 1. The van der Waals surface area contributed by atoms with Crippen LogP contribution in [0.2, 0.25) is 0 Å². The highest BCUT2D eigenvalue weighted by Crippen LogP contribution is 2.14. The third kappa shape index (κ3) is 5.81. The van der Waals surface area contributed by atoms with Crippen molar-refractivity contribution in [1.29, 1.82) is 0 Å². The van der Waals surface area contributed by atoms with E-state index in [0.717, 1.165) is 24.3 Å². The van der Waals surface area contributed by atoms with E-state index in [1.165, 1.54) is 24.3 Å². The van der Waals surface area contributed by atoms with Crippen LogP contribution in [-0.2, 0) is 16.6 Å². The maximum Gasteiger partial charge on any atom is 0.405 e. The zero-order valence-corrected chi connectivity index (χ0v) is 14.0. The molecule has 0 radical (unpaired) electrons. The smallest absolute Gasteiger partial charge is 0.343 e. The molecule has 0 aliphatic rings. The number of hydrogen-bond donors (Lipinski definition) is 2. The molecule has 10 heteroatoms. The van der Waals surface area contributed by atoms with Gasteiger partial charge in [-0.05, 0) is 42.0 Å². The summed E-state index contributed by atoms with van der Waals surface area (Å²) in [6.45, 7) is -1.55. The molecule has 2 N–H and O–H groups in total. The fraction of sp³-hybridized carbons (Fsp3) is 0.188. The van der Waals surface area contributed by atoms with E-state index < -0.39 is 34.5 Å². The molecule has 0 spiro atoms. The first-order chi connectivity index (χ1) is 12.1. The number of nitrogens with one attached hydrogen (secondary N) is 2. The fourth-order valence-electron chi connectivity index (χ4n) is 1.93. The van der Waals surface area contributed by atoms with Crippen LogP contribution in [0.25, 0.3) is 0 Å². The lowest BCUT2D eigenvalue weighted by molar-refractivity contribution is -0.123. The van der Waals surface area contributed by atoms with Crippen molar-refractivity contribution in [2.75, 3.05) is 6.54 Å². The van der Waals surface area contributed by atoms with Crippen LogP contribution in [-0.4, -0.2) is 27.0 Å². The second kappa shape index (κ2) is 7.83. The van der Waals surface area contributed by atoms with Crippen molar-refractivity contribution >= 4 is 15.9 Å². The predicted molar refractivity (Wildman–Crippen MR) is 85.3 cm³/mol. The minimum atomic E-state index is -4.54. The third-order valence-corrected chi connectivity index (χ3v) is 4.67. The molecule has 5 nitrogen and oxygen atoms in total. The van der Waals surface area contributed by atoms with E-state index in [1.807, 2.05) is 0 Å². The van der Waals surface area contributed by atoms with Crippen LogP contribution in [0, 0.1) is 5.82 Å². The summed E-state index contributed by atoms with van der Waals surface area (Å²) in [6, 6.07) is 9.66. The van der Waals surface area contributed by atoms with Crippen molar-refractivity contribution in [3.8, 4) is 0 Å². The molecule has 0 fully saturated rings. The molecule has 0 aliphatic carbocycles. The van der Waals surface area contributed by atoms with Crippen LogP contribution in [0.15, 0.2) is 53.4 Å². The number of carbonyl (C=O) groups is 1. The molecule has 0 bridgehead atoms. The monoisotopic (exact) mass is 390 g/mol. The van der Waals surface area contributed by atoms with E-state index in [0.29, 0.717) is 5.56 Å². The van der Waals surface area contributed by atoms with E-state index in [4.69, 9.17) is 0 Å². The highest BCUT2D eigenvalue weighted by Gasteiger charge is 2.28. The Morgan fingerprint density at radius 1 is 0.962 bits per heavy atom. The zero-order chi connectivity index (χ0) is 19.4. The van der Waals surface area contributed by atoms with Gasteiger partial charge < -0.3 is 5.32 Å². The second-order valence-electron chi connectivity index (χ2n) is 5.27. The average Bonchev–Trinajstić information content (AvgIpc) is 2.59. The minimum Gasteiger partial charge on any atom is -0.343 e. The fourth-order valence-corrected chi connectivity index (χ4v) is 2.95. The largest absolute Gasteiger partial charge is 0.405 e. The Labute approximate surface area is 147 Å². The van der Waals surface area contributed by atoms with Crippen LogP contribution >= 0.6 is 0 Å². The Kier molecular flexibility index (Phi) is 5.98. The van der Waals surface area contributed by atoms with Gasteiger partial charge in [-0.2, -0.15) is 13.2 Å². The molecule has 0 heterocycles. The van der Waals surface area contributed by atoms with E-state index in [2.05, 4.69) is 4.72 Å². The number of sulfonamides is 1. The quantitative estimate of drug-likeness (QED) is 0.745. The van der Waals surface area contributed by atoms with Crippen LogP contribution in [0.4, 0.5) is 17.6 Å². The van der Waals surface area contributed by atoms with E-state index in [9.17, 15) is 30.8 Å². The average molecular weight is 390 g/mol. The van der Waals surface area contributed by atoms with Crippen molar-refractivity contribution in [2.45, 2.75) is 17.6 Å². The van der Waals surface area contributed by atoms with Crippen molar-refractivity contribution in [2.24, 2.45) is 0 Å². The number of hydrogen-bond acceptors (Lipinski definition) is 3. The second-order valence-corrected chi connectivity index (χ2v) is 7.04. The summed E-state index contributed by atoms with van der Waals surface area (Å²) >= 11 is 0. The summed E-state index contributed by atoms with van der Waals surface area (Å²) in [5, 5.41) is 1.69. The Bertz CT molecular complexity index is 864. The Morgan fingerprint density at radius 2 is 1.54 bits per heavy atom. The standard InChI is InChI=1S/C16H14F4N2O3S/c17-13-5-1-11(2-6-13)9-22-26(24,25)14-7-3-12(4-8-14)15(23)21-10-16(18,19)20/h1-8,22H,9-10H2,(H,21,23). The number of halogens is 4. The molecule has 0 aliphatic heterocycles. The van der Waals surface area contributed by atoms with Crippen molar-refractivity contribution in [1.82, 2.24) is 10.0 Å². The minimum absolute atomic E-state index is 0.0730. The van der Waals surface area contributed by atoms with E-state index in [-0.39, 0.29) is 17.0 Å². The molecule has 2 aromatic carbocycles. The lowest BCUT2D eigenvalue weighted by Crippen LogP contribution is -2.33. The SMILES string of the molecule is O=C(NCC(F)(F)F)c1ccc(S(=O)(=O)NCc2ccc(F)cc2)cc1. The maximum atomic E-state index is 12.8. The molecule has 2 aromatic rings. The molecule has 0 saturated carbocycles. The first kappa shape index (κ1) is 19.9. The predicted octanol–water partition coefficient (Wildman–Crippen LogP) is 2.60. The third-order valence-electron chi connectivity index (χ3n) is 3.26. The van der Waals surface area contributed by atoms with E-state index >= 15 is 0 Å². The molecular weight excluding hydrogens is 376 g/mol.